The predicted molar refractivity (Wildman–Crippen MR) is 86.6 cm³/mol. The third-order valence-electron chi connectivity index (χ3n) is 5.74. The zero-order valence-electron chi connectivity index (χ0n) is 14.4. The molecule has 25 heavy (non-hydrogen) atoms. The van der Waals surface area contributed by atoms with Crippen molar-refractivity contribution in [3.63, 3.8) is 0 Å². The van der Waals surface area contributed by atoms with Crippen molar-refractivity contribution >= 4 is 5.91 Å². The van der Waals surface area contributed by atoms with E-state index in [2.05, 4.69) is 10.00 Å². The van der Waals surface area contributed by atoms with Crippen LogP contribution in [0.1, 0.15) is 37.2 Å². The average Bonchev–Trinajstić information content (AvgIpc) is 3.13. The predicted octanol–water partition coefficient (Wildman–Crippen LogP) is 2.29. The number of aryl methyl sites for hydroxylation is 1. The van der Waals surface area contributed by atoms with Crippen LogP contribution in [0, 0.1) is 17.8 Å². The first-order chi connectivity index (χ1) is 11.7. The van der Waals surface area contributed by atoms with Gasteiger partial charge in [-0.2, -0.15) is 18.3 Å². The normalized spacial score (nSPS) is 31.4. The molecular weight excluding hydrogens is 333 g/mol. The Hall–Kier alpha value is -1.57. The standard InChI is InChI=1S/C17H25F3N4O/c1-23-8-12(6-22-23)14-9-24(10-15(14)16(21)25)7-11-2-4-13(5-3-11)17(18,19)20/h6,8,11,13-15H,2-5,7,9-10H2,1H3,(H2,21,25)/t11?,13?,14-,15+/m1/s1. The number of carbonyl (C=O) groups is 1. The van der Waals surface area contributed by atoms with E-state index in [4.69, 9.17) is 5.73 Å². The maximum Gasteiger partial charge on any atom is 0.391 e. The number of rotatable bonds is 4. The molecule has 2 fully saturated rings. The van der Waals surface area contributed by atoms with Crippen molar-refractivity contribution in [2.75, 3.05) is 19.6 Å². The van der Waals surface area contributed by atoms with Crippen LogP contribution in [0.15, 0.2) is 12.4 Å². The van der Waals surface area contributed by atoms with Gasteiger partial charge in [0.15, 0.2) is 0 Å². The van der Waals surface area contributed by atoms with Crippen molar-refractivity contribution in [2.45, 2.75) is 37.8 Å². The van der Waals surface area contributed by atoms with E-state index in [0.29, 0.717) is 25.9 Å². The van der Waals surface area contributed by atoms with Gasteiger partial charge in [0.25, 0.3) is 0 Å². The molecule has 8 heteroatoms. The Kier molecular flexibility index (Phi) is 5.09. The molecule has 1 aliphatic carbocycles. The highest BCUT2D eigenvalue weighted by Gasteiger charge is 2.43. The molecule has 5 nitrogen and oxygen atoms in total. The lowest BCUT2D eigenvalue weighted by Crippen LogP contribution is -2.34. The quantitative estimate of drug-likeness (QED) is 0.898. The highest BCUT2D eigenvalue weighted by molar-refractivity contribution is 5.78. The van der Waals surface area contributed by atoms with Crippen LogP contribution in [0.2, 0.25) is 0 Å². The zero-order valence-corrected chi connectivity index (χ0v) is 14.4. The molecule has 0 spiro atoms. The Morgan fingerprint density at radius 2 is 1.96 bits per heavy atom. The van der Waals surface area contributed by atoms with Crippen molar-refractivity contribution in [1.82, 2.24) is 14.7 Å². The summed E-state index contributed by atoms with van der Waals surface area (Å²) in [6.45, 7) is 2.03. The monoisotopic (exact) mass is 358 g/mol. The maximum absolute atomic E-state index is 12.8. The number of amides is 1. The summed E-state index contributed by atoms with van der Waals surface area (Å²) in [5.41, 5.74) is 6.57. The van der Waals surface area contributed by atoms with Gasteiger partial charge in [0.1, 0.15) is 0 Å². The van der Waals surface area contributed by atoms with Crippen molar-refractivity contribution in [3.05, 3.63) is 18.0 Å². The Balaban J connectivity index is 1.58. The second-order valence-electron chi connectivity index (χ2n) is 7.54. The van der Waals surface area contributed by atoms with E-state index in [9.17, 15) is 18.0 Å². The summed E-state index contributed by atoms with van der Waals surface area (Å²) >= 11 is 0. The Morgan fingerprint density at radius 3 is 2.48 bits per heavy atom. The van der Waals surface area contributed by atoms with Gasteiger partial charge in [-0.25, -0.2) is 0 Å². The van der Waals surface area contributed by atoms with Crippen LogP contribution in [0.3, 0.4) is 0 Å². The summed E-state index contributed by atoms with van der Waals surface area (Å²) in [4.78, 5) is 14.0. The Bertz CT molecular complexity index is 607. The summed E-state index contributed by atoms with van der Waals surface area (Å²) in [6.07, 6.45) is 1.22. The van der Waals surface area contributed by atoms with Gasteiger partial charge in [-0.3, -0.25) is 9.48 Å². The summed E-state index contributed by atoms with van der Waals surface area (Å²) < 4.78 is 40.1. The lowest BCUT2D eigenvalue weighted by molar-refractivity contribution is -0.184. The molecule has 0 bridgehead atoms. The maximum atomic E-state index is 12.8. The summed E-state index contributed by atoms with van der Waals surface area (Å²) in [7, 11) is 1.83. The Morgan fingerprint density at radius 1 is 1.28 bits per heavy atom. The fourth-order valence-electron chi connectivity index (χ4n) is 4.33. The van der Waals surface area contributed by atoms with Crippen LogP contribution >= 0.6 is 0 Å². The molecule has 0 aromatic carbocycles. The minimum Gasteiger partial charge on any atom is -0.369 e. The zero-order chi connectivity index (χ0) is 18.2. The molecule has 1 saturated carbocycles. The topological polar surface area (TPSA) is 64.2 Å². The summed E-state index contributed by atoms with van der Waals surface area (Å²) in [6, 6.07) is 0. The Labute approximate surface area is 145 Å². The number of hydrogen-bond donors (Lipinski definition) is 1. The molecule has 2 atom stereocenters. The molecule has 2 heterocycles. The summed E-state index contributed by atoms with van der Waals surface area (Å²) in [5.74, 6) is -1.46. The van der Waals surface area contributed by atoms with Crippen LogP contribution < -0.4 is 5.73 Å². The highest BCUT2D eigenvalue weighted by Crippen LogP contribution is 2.40. The molecule has 1 aromatic rings. The van der Waals surface area contributed by atoms with E-state index in [1.165, 1.54) is 0 Å². The van der Waals surface area contributed by atoms with Crippen molar-refractivity contribution in [3.8, 4) is 0 Å². The second kappa shape index (κ2) is 6.97. The van der Waals surface area contributed by atoms with Gasteiger partial charge in [0.05, 0.1) is 18.0 Å². The van der Waals surface area contributed by atoms with Crippen LogP contribution in [-0.4, -0.2) is 46.4 Å². The molecule has 0 radical (unpaired) electrons. The van der Waals surface area contributed by atoms with E-state index < -0.39 is 12.1 Å². The molecule has 1 saturated heterocycles. The van der Waals surface area contributed by atoms with Gasteiger partial charge in [-0.15, -0.1) is 0 Å². The SMILES string of the molecule is Cn1cc([C@H]2CN(CC3CCC(C(F)(F)F)CC3)C[C@@H]2C(N)=O)cn1. The number of hydrogen-bond acceptors (Lipinski definition) is 3. The van der Waals surface area contributed by atoms with Gasteiger partial charge in [0.2, 0.25) is 5.91 Å². The number of nitrogens with zero attached hydrogens (tertiary/aromatic N) is 3. The van der Waals surface area contributed by atoms with E-state index in [1.807, 2.05) is 13.2 Å². The van der Waals surface area contributed by atoms with Crippen molar-refractivity contribution < 1.29 is 18.0 Å². The fourth-order valence-corrected chi connectivity index (χ4v) is 4.33. The van der Waals surface area contributed by atoms with Crippen LogP contribution in [-0.2, 0) is 11.8 Å². The van der Waals surface area contributed by atoms with E-state index >= 15 is 0 Å². The third-order valence-corrected chi connectivity index (χ3v) is 5.74. The minimum absolute atomic E-state index is 0.0118. The van der Waals surface area contributed by atoms with Crippen molar-refractivity contribution in [2.24, 2.45) is 30.5 Å². The van der Waals surface area contributed by atoms with E-state index in [0.717, 1.165) is 12.1 Å². The number of halogens is 3. The van der Waals surface area contributed by atoms with Crippen LogP contribution in [0.25, 0.3) is 0 Å². The first kappa shape index (κ1) is 18.2. The van der Waals surface area contributed by atoms with E-state index in [-0.39, 0.29) is 36.5 Å². The van der Waals surface area contributed by atoms with E-state index in [1.54, 1.807) is 10.9 Å². The highest BCUT2D eigenvalue weighted by atomic mass is 19.4. The minimum atomic E-state index is -4.07. The lowest BCUT2D eigenvalue weighted by atomic mass is 9.81. The molecule has 2 N–H and O–H groups in total. The molecule has 0 unspecified atom stereocenters. The molecule has 140 valence electrons. The molecule has 1 aromatic heterocycles. The second-order valence-corrected chi connectivity index (χ2v) is 7.54. The van der Waals surface area contributed by atoms with Gasteiger partial charge < -0.3 is 10.6 Å². The molecule has 3 rings (SSSR count). The molecule has 2 aliphatic rings. The number of likely N-dealkylation sites (tertiary alicyclic amines) is 1. The first-order valence-corrected chi connectivity index (χ1v) is 8.81. The molecule has 1 aliphatic heterocycles. The molecule has 1 amide bonds. The number of carbonyl (C=O) groups excluding carboxylic acids is 1. The largest absolute Gasteiger partial charge is 0.391 e. The number of aromatic nitrogens is 2. The van der Waals surface area contributed by atoms with Gasteiger partial charge >= 0.3 is 6.18 Å². The van der Waals surface area contributed by atoms with Gasteiger partial charge in [0, 0.05) is 38.8 Å². The summed E-state index contributed by atoms with van der Waals surface area (Å²) in [5, 5.41) is 4.17. The fraction of sp³-hybridized carbons (Fsp3) is 0.765. The first-order valence-electron chi connectivity index (χ1n) is 8.81. The number of nitrogens with two attached hydrogens (primary N) is 1. The lowest BCUT2D eigenvalue weighted by Gasteiger charge is -2.32. The number of alkyl halides is 3. The smallest absolute Gasteiger partial charge is 0.369 e. The number of primary amides is 1. The molecular formula is C17H25F3N4O. The van der Waals surface area contributed by atoms with Crippen LogP contribution in [0.5, 0.6) is 0 Å². The van der Waals surface area contributed by atoms with Gasteiger partial charge in [-0.1, -0.05) is 0 Å². The third kappa shape index (κ3) is 4.16. The average molecular weight is 358 g/mol. The van der Waals surface area contributed by atoms with Crippen molar-refractivity contribution in [1.29, 1.82) is 0 Å². The van der Waals surface area contributed by atoms with Gasteiger partial charge in [-0.05, 0) is 37.2 Å². The van der Waals surface area contributed by atoms with Crippen LogP contribution in [0.4, 0.5) is 13.2 Å².